The SMILES string of the molecule is CN=C(NCc1oc2ccc(F)cc2c1C)N1CCN(c2ncccn2)CC1.I. The van der Waals surface area contributed by atoms with Crippen LogP contribution in [0.4, 0.5) is 10.3 Å². The Labute approximate surface area is 186 Å². The van der Waals surface area contributed by atoms with Crippen LogP contribution in [0.15, 0.2) is 46.1 Å². The molecule has 2 aromatic heterocycles. The molecule has 0 bridgehead atoms. The zero-order valence-electron chi connectivity index (χ0n) is 16.4. The predicted octanol–water partition coefficient (Wildman–Crippen LogP) is 3.19. The molecule has 0 atom stereocenters. The van der Waals surface area contributed by atoms with Crippen molar-refractivity contribution in [3.63, 3.8) is 0 Å². The number of nitrogens with one attached hydrogen (secondary N) is 1. The van der Waals surface area contributed by atoms with E-state index in [-0.39, 0.29) is 29.8 Å². The third-order valence-electron chi connectivity index (χ3n) is 5.03. The topological polar surface area (TPSA) is 69.8 Å². The Morgan fingerprint density at radius 3 is 2.62 bits per heavy atom. The molecule has 7 nitrogen and oxygen atoms in total. The fourth-order valence-electron chi connectivity index (χ4n) is 3.48. The molecule has 0 spiro atoms. The molecule has 0 aliphatic carbocycles. The Hall–Kier alpha value is -2.43. The van der Waals surface area contributed by atoms with Gasteiger partial charge >= 0.3 is 0 Å². The number of aromatic nitrogens is 2. The van der Waals surface area contributed by atoms with E-state index in [2.05, 4.69) is 30.1 Å². The molecule has 1 aliphatic rings. The number of hydrogen-bond acceptors (Lipinski definition) is 5. The number of aryl methyl sites for hydroxylation is 1. The van der Waals surface area contributed by atoms with Gasteiger partial charge in [-0.2, -0.15) is 0 Å². The molecule has 154 valence electrons. The second-order valence-electron chi connectivity index (χ2n) is 6.71. The maximum atomic E-state index is 13.5. The van der Waals surface area contributed by atoms with Gasteiger partial charge in [-0.15, -0.1) is 24.0 Å². The molecule has 1 aliphatic heterocycles. The Morgan fingerprint density at radius 2 is 1.93 bits per heavy atom. The predicted molar refractivity (Wildman–Crippen MR) is 122 cm³/mol. The van der Waals surface area contributed by atoms with Crippen molar-refractivity contribution in [3.05, 3.63) is 53.8 Å². The summed E-state index contributed by atoms with van der Waals surface area (Å²) in [5.41, 5.74) is 1.64. The van der Waals surface area contributed by atoms with Crippen LogP contribution < -0.4 is 10.2 Å². The first-order valence-corrected chi connectivity index (χ1v) is 9.31. The minimum Gasteiger partial charge on any atom is -0.459 e. The standard InChI is InChI=1S/C20H23FN6O.HI/c1-14-16-12-15(21)4-5-17(16)28-18(14)13-25-19(22-2)26-8-10-27(11-9-26)20-23-6-3-7-24-20;/h3-7,12H,8-11,13H2,1-2H3,(H,22,25);1H. The van der Waals surface area contributed by atoms with Gasteiger partial charge in [0.05, 0.1) is 6.54 Å². The average Bonchev–Trinajstić information content (AvgIpc) is 3.05. The Balaban J connectivity index is 0.00000240. The molecule has 0 saturated carbocycles. The quantitative estimate of drug-likeness (QED) is 0.332. The summed E-state index contributed by atoms with van der Waals surface area (Å²) in [6, 6.07) is 6.41. The lowest BCUT2D eigenvalue weighted by molar-refractivity contribution is 0.368. The summed E-state index contributed by atoms with van der Waals surface area (Å²) in [5.74, 6) is 2.11. The van der Waals surface area contributed by atoms with Gasteiger partial charge in [0.2, 0.25) is 5.95 Å². The van der Waals surface area contributed by atoms with Gasteiger partial charge in [-0.05, 0) is 31.2 Å². The smallest absolute Gasteiger partial charge is 0.225 e. The highest BCUT2D eigenvalue weighted by Gasteiger charge is 2.21. The maximum absolute atomic E-state index is 13.5. The van der Waals surface area contributed by atoms with E-state index in [1.807, 2.05) is 13.0 Å². The normalized spacial score (nSPS) is 14.8. The fraction of sp³-hybridized carbons (Fsp3) is 0.350. The third kappa shape index (κ3) is 4.60. The van der Waals surface area contributed by atoms with E-state index in [9.17, 15) is 4.39 Å². The Kier molecular flexibility index (Phi) is 6.88. The zero-order chi connectivity index (χ0) is 19.5. The van der Waals surface area contributed by atoms with E-state index < -0.39 is 0 Å². The summed E-state index contributed by atoms with van der Waals surface area (Å²) >= 11 is 0. The molecule has 3 aromatic rings. The largest absolute Gasteiger partial charge is 0.459 e. The molecule has 1 aromatic carbocycles. The van der Waals surface area contributed by atoms with E-state index in [0.717, 1.165) is 54.8 Å². The van der Waals surface area contributed by atoms with E-state index in [4.69, 9.17) is 4.42 Å². The lowest BCUT2D eigenvalue weighted by atomic mass is 10.1. The third-order valence-corrected chi connectivity index (χ3v) is 5.03. The first kappa shape index (κ1) is 21.3. The van der Waals surface area contributed by atoms with Gasteiger partial charge in [0, 0.05) is 56.6 Å². The first-order valence-electron chi connectivity index (χ1n) is 9.31. The van der Waals surface area contributed by atoms with Gasteiger partial charge in [-0.3, -0.25) is 4.99 Å². The van der Waals surface area contributed by atoms with Crippen molar-refractivity contribution in [1.82, 2.24) is 20.2 Å². The van der Waals surface area contributed by atoms with Crippen LogP contribution in [0.5, 0.6) is 0 Å². The number of guanidine groups is 1. The summed E-state index contributed by atoms with van der Waals surface area (Å²) < 4.78 is 19.4. The van der Waals surface area contributed by atoms with Crippen LogP contribution in [-0.4, -0.2) is 54.1 Å². The highest BCUT2D eigenvalue weighted by molar-refractivity contribution is 14.0. The van der Waals surface area contributed by atoms with E-state index in [1.54, 1.807) is 25.5 Å². The molecular weight excluding hydrogens is 486 g/mol. The molecule has 9 heteroatoms. The number of fused-ring (bicyclic) bond motifs is 1. The second kappa shape index (κ2) is 9.38. The van der Waals surface area contributed by atoms with Crippen molar-refractivity contribution in [3.8, 4) is 0 Å². The van der Waals surface area contributed by atoms with Gasteiger partial charge in [0.25, 0.3) is 0 Å². The molecule has 1 fully saturated rings. The number of nitrogens with zero attached hydrogens (tertiary/aromatic N) is 5. The van der Waals surface area contributed by atoms with Gasteiger partial charge < -0.3 is 19.5 Å². The van der Waals surface area contributed by atoms with Crippen molar-refractivity contribution >= 4 is 46.9 Å². The van der Waals surface area contributed by atoms with Gasteiger partial charge in [-0.25, -0.2) is 14.4 Å². The number of aliphatic imine (C=N–C) groups is 1. The van der Waals surface area contributed by atoms with Gasteiger partial charge in [-0.1, -0.05) is 0 Å². The number of benzene rings is 1. The van der Waals surface area contributed by atoms with Crippen LogP contribution in [-0.2, 0) is 6.54 Å². The number of hydrogen-bond donors (Lipinski definition) is 1. The average molecular weight is 510 g/mol. The Bertz CT molecular complexity index is 985. The van der Waals surface area contributed by atoms with Crippen LogP contribution in [0.1, 0.15) is 11.3 Å². The summed E-state index contributed by atoms with van der Waals surface area (Å²) in [7, 11) is 1.77. The summed E-state index contributed by atoms with van der Waals surface area (Å²) in [4.78, 5) is 17.4. The van der Waals surface area contributed by atoms with Crippen molar-refractivity contribution in [1.29, 1.82) is 0 Å². The lowest BCUT2D eigenvalue weighted by Gasteiger charge is -2.36. The molecular formula is C20H24FIN6O. The molecule has 0 radical (unpaired) electrons. The van der Waals surface area contributed by atoms with Gasteiger partial charge in [0.15, 0.2) is 5.96 Å². The first-order chi connectivity index (χ1) is 13.7. The molecule has 29 heavy (non-hydrogen) atoms. The van der Waals surface area contributed by atoms with Crippen LogP contribution in [0.25, 0.3) is 11.0 Å². The molecule has 3 heterocycles. The summed E-state index contributed by atoms with van der Waals surface area (Å²) in [6.07, 6.45) is 3.52. The zero-order valence-corrected chi connectivity index (χ0v) is 18.8. The van der Waals surface area contributed by atoms with Crippen molar-refractivity contribution in [2.24, 2.45) is 4.99 Å². The van der Waals surface area contributed by atoms with Crippen molar-refractivity contribution in [2.75, 3.05) is 38.1 Å². The number of piperazine rings is 1. The highest BCUT2D eigenvalue weighted by Crippen LogP contribution is 2.26. The molecule has 0 unspecified atom stereocenters. The number of anilines is 1. The summed E-state index contributed by atoms with van der Waals surface area (Å²) in [6.45, 7) is 5.74. The van der Waals surface area contributed by atoms with Crippen LogP contribution in [0.3, 0.4) is 0 Å². The lowest BCUT2D eigenvalue weighted by Crippen LogP contribution is -2.52. The van der Waals surface area contributed by atoms with E-state index in [0.29, 0.717) is 12.1 Å². The van der Waals surface area contributed by atoms with E-state index in [1.165, 1.54) is 12.1 Å². The molecule has 1 saturated heterocycles. The van der Waals surface area contributed by atoms with E-state index >= 15 is 0 Å². The van der Waals surface area contributed by atoms with Gasteiger partial charge in [0.1, 0.15) is 17.2 Å². The van der Waals surface area contributed by atoms with Crippen molar-refractivity contribution in [2.45, 2.75) is 13.5 Å². The van der Waals surface area contributed by atoms with Crippen molar-refractivity contribution < 1.29 is 8.81 Å². The number of halogens is 2. The molecule has 0 amide bonds. The second-order valence-corrected chi connectivity index (χ2v) is 6.71. The Morgan fingerprint density at radius 1 is 1.21 bits per heavy atom. The fourth-order valence-corrected chi connectivity index (χ4v) is 3.48. The van der Waals surface area contributed by atoms with Crippen LogP contribution in [0, 0.1) is 12.7 Å². The minimum absolute atomic E-state index is 0. The maximum Gasteiger partial charge on any atom is 0.225 e. The number of furan rings is 1. The van der Waals surface area contributed by atoms with Crippen LogP contribution in [0.2, 0.25) is 0 Å². The molecule has 1 N–H and O–H groups in total. The minimum atomic E-state index is -0.257. The number of rotatable bonds is 3. The summed E-state index contributed by atoms with van der Waals surface area (Å²) in [5, 5.41) is 4.17. The highest BCUT2D eigenvalue weighted by atomic mass is 127. The monoisotopic (exact) mass is 510 g/mol. The van der Waals surface area contributed by atoms with Crippen LogP contribution >= 0.6 is 24.0 Å². The molecule has 4 rings (SSSR count).